The van der Waals surface area contributed by atoms with Gasteiger partial charge in [0.15, 0.2) is 11.6 Å². The molecule has 0 saturated heterocycles. The van der Waals surface area contributed by atoms with E-state index in [-0.39, 0.29) is 11.4 Å². The minimum Gasteiger partial charge on any atom is -0.359 e. The summed E-state index contributed by atoms with van der Waals surface area (Å²) in [5.41, 5.74) is 0.191. The van der Waals surface area contributed by atoms with Crippen molar-refractivity contribution in [1.29, 1.82) is 0 Å². The first kappa shape index (κ1) is 6.61. The molecule has 0 aliphatic heterocycles. The second kappa shape index (κ2) is 2.39. The Morgan fingerprint density at radius 1 is 1.56 bits per heavy atom. The number of hydrogen-bond donors (Lipinski definition) is 2. The topological polar surface area (TPSA) is 15.8 Å². The molecule has 1 aromatic rings. The number of aromatic nitrogens is 1. The Labute approximate surface area is 56.5 Å². The van der Waals surface area contributed by atoms with Gasteiger partial charge in [-0.05, 0) is 0 Å². The number of nitrogens with one attached hydrogen (secondary N) is 1. The minimum absolute atomic E-state index is 0.190. The molecular weight excluding hydrogens is 144 g/mol. The molecule has 50 valence electrons. The fraction of sp³-hybridized carbons (Fsp3) is 0.200. The van der Waals surface area contributed by atoms with Gasteiger partial charge in [-0.25, -0.2) is 8.78 Å². The van der Waals surface area contributed by atoms with Gasteiger partial charge in [-0.1, -0.05) is 0 Å². The van der Waals surface area contributed by atoms with Crippen molar-refractivity contribution >= 4 is 12.6 Å². The average molecular weight is 149 g/mol. The maximum atomic E-state index is 12.3. The summed E-state index contributed by atoms with van der Waals surface area (Å²) in [5.74, 6) is -1.49. The van der Waals surface area contributed by atoms with Crippen molar-refractivity contribution in [3.05, 3.63) is 23.5 Å². The summed E-state index contributed by atoms with van der Waals surface area (Å²) in [6.07, 6.45) is 0.973. The summed E-state index contributed by atoms with van der Waals surface area (Å²) in [6.45, 7) is 0. The van der Waals surface area contributed by atoms with Gasteiger partial charge in [0.2, 0.25) is 0 Å². The van der Waals surface area contributed by atoms with Crippen molar-refractivity contribution in [3.63, 3.8) is 0 Å². The molecule has 1 rings (SSSR count). The Kier molecular flexibility index (Phi) is 1.75. The highest BCUT2D eigenvalue weighted by Crippen LogP contribution is 2.10. The molecule has 1 nitrogen and oxygen atoms in total. The number of halogens is 2. The van der Waals surface area contributed by atoms with Crippen molar-refractivity contribution in [3.8, 4) is 0 Å². The van der Waals surface area contributed by atoms with E-state index in [0.717, 1.165) is 6.20 Å². The summed E-state index contributed by atoms with van der Waals surface area (Å²) in [7, 11) is 0. The first-order chi connectivity index (χ1) is 4.25. The molecule has 4 heteroatoms. The van der Waals surface area contributed by atoms with Crippen LogP contribution in [0, 0.1) is 11.6 Å². The van der Waals surface area contributed by atoms with Crippen LogP contribution in [0.3, 0.4) is 0 Å². The molecule has 0 aliphatic carbocycles. The molecule has 0 fully saturated rings. The maximum absolute atomic E-state index is 12.3. The van der Waals surface area contributed by atoms with Gasteiger partial charge in [0.25, 0.3) is 0 Å². The van der Waals surface area contributed by atoms with Gasteiger partial charge >= 0.3 is 0 Å². The van der Waals surface area contributed by atoms with Crippen molar-refractivity contribution in [1.82, 2.24) is 4.98 Å². The molecule has 0 unspecified atom stereocenters. The number of hydrogen-bond acceptors (Lipinski definition) is 1. The van der Waals surface area contributed by atoms with E-state index < -0.39 is 11.6 Å². The lowest BCUT2D eigenvalue weighted by molar-refractivity contribution is 0.511. The zero-order valence-electron chi connectivity index (χ0n) is 4.49. The molecule has 0 saturated carbocycles. The highest BCUT2D eigenvalue weighted by molar-refractivity contribution is 7.79. The molecule has 0 radical (unpaired) electrons. The van der Waals surface area contributed by atoms with Gasteiger partial charge in [-0.15, -0.1) is 0 Å². The number of H-pyrrole nitrogens is 1. The van der Waals surface area contributed by atoms with Gasteiger partial charge in [0.05, 0.1) is 5.69 Å². The van der Waals surface area contributed by atoms with Crippen LogP contribution < -0.4 is 0 Å². The highest BCUT2D eigenvalue weighted by Gasteiger charge is 2.07. The van der Waals surface area contributed by atoms with E-state index in [4.69, 9.17) is 0 Å². The van der Waals surface area contributed by atoms with Crippen molar-refractivity contribution < 1.29 is 8.78 Å². The quantitative estimate of drug-likeness (QED) is 0.565. The largest absolute Gasteiger partial charge is 0.359 e. The van der Waals surface area contributed by atoms with E-state index in [1.807, 2.05) is 0 Å². The summed E-state index contributed by atoms with van der Waals surface area (Å²) >= 11 is 3.76. The van der Waals surface area contributed by atoms with E-state index in [0.29, 0.717) is 0 Å². The normalized spacial score (nSPS) is 10.1. The van der Waals surface area contributed by atoms with Gasteiger partial charge in [-0.2, -0.15) is 12.6 Å². The summed E-state index contributed by atoms with van der Waals surface area (Å²) in [4.78, 5) is 2.40. The van der Waals surface area contributed by atoms with Crippen LogP contribution in [0.4, 0.5) is 8.78 Å². The monoisotopic (exact) mass is 149 g/mol. The molecule has 0 spiro atoms. The highest BCUT2D eigenvalue weighted by atomic mass is 32.1. The van der Waals surface area contributed by atoms with Crippen LogP contribution in [0.15, 0.2) is 6.20 Å². The summed E-state index contributed by atoms with van der Waals surface area (Å²) in [5, 5.41) is 0. The molecule has 0 aliphatic rings. The SMILES string of the molecule is Fc1c[nH]c(CS)c1F. The Balaban J connectivity index is 3.04. The predicted molar refractivity (Wildman–Crippen MR) is 33.4 cm³/mol. The molecule has 1 N–H and O–H groups in total. The zero-order chi connectivity index (χ0) is 6.85. The van der Waals surface area contributed by atoms with Crippen LogP contribution in [0.25, 0.3) is 0 Å². The summed E-state index contributed by atoms with van der Waals surface area (Å²) < 4.78 is 24.4. The molecule has 1 aromatic heterocycles. The summed E-state index contributed by atoms with van der Waals surface area (Å²) in [6, 6.07) is 0. The molecule has 1 heterocycles. The Hall–Kier alpha value is -0.510. The second-order valence-corrected chi connectivity index (χ2v) is 1.90. The maximum Gasteiger partial charge on any atom is 0.180 e. The Morgan fingerprint density at radius 2 is 2.22 bits per heavy atom. The smallest absolute Gasteiger partial charge is 0.180 e. The van der Waals surface area contributed by atoms with Crippen LogP contribution in [0.1, 0.15) is 5.69 Å². The third kappa shape index (κ3) is 1.08. The standard InChI is InChI=1S/C5H5F2NS/c6-3-1-8-4(2-9)5(3)7/h1,8-9H,2H2. The Bertz CT molecular complexity index is 209. The van der Waals surface area contributed by atoms with Gasteiger partial charge in [-0.3, -0.25) is 0 Å². The third-order valence-corrected chi connectivity index (χ3v) is 1.32. The third-order valence-electron chi connectivity index (χ3n) is 1.01. The van der Waals surface area contributed by atoms with Crippen LogP contribution in [0.2, 0.25) is 0 Å². The van der Waals surface area contributed by atoms with Gasteiger partial charge in [0.1, 0.15) is 0 Å². The molecule has 0 aromatic carbocycles. The van der Waals surface area contributed by atoms with Gasteiger partial charge in [0, 0.05) is 11.9 Å². The lowest BCUT2D eigenvalue weighted by Gasteiger charge is -1.85. The van der Waals surface area contributed by atoms with Crippen molar-refractivity contribution in [2.75, 3.05) is 0 Å². The van der Waals surface area contributed by atoms with Crippen LogP contribution in [-0.4, -0.2) is 4.98 Å². The van der Waals surface area contributed by atoms with E-state index >= 15 is 0 Å². The Morgan fingerprint density at radius 3 is 2.44 bits per heavy atom. The lowest BCUT2D eigenvalue weighted by atomic mass is 10.4. The molecule has 9 heavy (non-hydrogen) atoms. The first-order valence-corrected chi connectivity index (χ1v) is 3.01. The van der Waals surface area contributed by atoms with E-state index in [9.17, 15) is 8.78 Å². The van der Waals surface area contributed by atoms with Gasteiger partial charge < -0.3 is 4.98 Å². The first-order valence-electron chi connectivity index (χ1n) is 2.38. The van der Waals surface area contributed by atoms with Crippen LogP contribution >= 0.6 is 12.6 Å². The molecule has 0 atom stereocenters. The van der Waals surface area contributed by atoms with Crippen LogP contribution in [0.5, 0.6) is 0 Å². The minimum atomic E-state index is -0.848. The molecule has 0 bridgehead atoms. The van der Waals surface area contributed by atoms with E-state index in [2.05, 4.69) is 17.6 Å². The van der Waals surface area contributed by atoms with Crippen molar-refractivity contribution in [2.45, 2.75) is 5.75 Å². The van der Waals surface area contributed by atoms with E-state index in [1.165, 1.54) is 0 Å². The number of rotatable bonds is 1. The number of thiol groups is 1. The number of aromatic amines is 1. The van der Waals surface area contributed by atoms with Crippen molar-refractivity contribution in [2.24, 2.45) is 0 Å². The lowest BCUT2D eigenvalue weighted by Crippen LogP contribution is -1.81. The van der Waals surface area contributed by atoms with Crippen LogP contribution in [-0.2, 0) is 5.75 Å². The average Bonchev–Trinajstić information content (AvgIpc) is 2.15. The fourth-order valence-corrected chi connectivity index (χ4v) is 0.767. The van der Waals surface area contributed by atoms with E-state index in [1.54, 1.807) is 0 Å². The predicted octanol–water partition coefficient (Wildman–Crippen LogP) is 1.72. The zero-order valence-corrected chi connectivity index (χ0v) is 5.38. The molecule has 0 amide bonds. The second-order valence-electron chi connectivity index (χ2n) is 1.59. The molecular formula is C5H5F2NS. The fourth-order valence-electron chi connectivity index (χ4n) is 0.536.